The van der Waals surface area contributed by atoms with Crippen molar-refractivity contribution in [1.82, 2.24) is 21.3 Å². The number of carbonyl (C=O) groups is 8. The zero-order valence-corrected chi connectivity index (χ0v) is 21.2. The monoisotopic (exact) mass is 544 g/mol. The third kappa shape index (κ3) is 13.7. The molecule has 0 aromatic carbocycles. The number of amides is 7. The van der Waals surface area contributed by atoms with Crippen molar-refractivity contribution < 1.29 is 43.5 Å². The van der Waals surface area contributed by atoms with E-state index in [1.54, 1.807) is 0 Å². The predicted octanol–water partition coefficient (Wildman–Crippen LogP) is -4.83. The minimum absolute atomic E-state index is 0.0512. The van der Waals surface area contributed by atoms with E-state index in [-0.39, 0.29) is 38.5 Å². The average Bonchev–Trinajstić information content (AvgIpc) is 2.81. The van der Waals surface area contributed by atoms with Gasteiger partial charge in [-0.25, -0.2) is 4.79 Å². The molecule has 0 aliphatic carbocycles. The van der Waals surface area contributed by atoms with Crippen LogP contribution in [0.15, 0.2) is 0 Å². The minimum atomic E-state index is -1.45. The molecule has 0 fully saturated rings. The quantitative estimate of drug-likeness (QED) is 0.0792. The fourth-order valence-electron chi connectivity index (χ4n) is 2.89. The van der Waals surface area contributed by atoms with Crippen molar-refractivity contribution in [1.29, 1.82) is 0 Å². The van der Waals surface area contributed by atoms with Gasteiger partial charge in [0, 0.05) is 19.3 Å². The molecule has 0 radical (unpaired) electrons. The Hall–Kier alpha value is -4.28. The van der Waals surface area contributed by atoms with Crippen LogP contribution in [0.2, 0.25) is 0 Å². The van der Waals surface area contributed by atoms with Crippen LogP contribution in [0.4, 0.5) is 0 Å². The Bertz CT molecular complexity index is 926. The molecule has 5 atom stereocenters. The molecule has 17 heteroatoms. The lowest BCUT2D eigenvalue weighted by molar-refractivity contribution is -0.142. The third-order valence-electron chi connectivity index (χ3n) is 5.15. The van der Waals surface area contributed by atoms with Gasteiger partial charge < -0.3 is 49.3 Å². The van der Waals surface area contributed by atoms with E-state index in [9.17, 15) is 43.5 Å². The number of carbonyl (C=O) groups excluding carboxylic acids is 7. The van der Waals surface area contributed by atoms with Crippen molar-refractivity contribution in [3.05, 3.63) is 0 Å². The zero-order chi connectivity index (χ0) is 29.6. The molecule has 0 saturated heterocycles. The van der Waals surface area contributed by atoms with Crippen molar-refractivity contribution in [3.63, 3.8) is 0 Å². The van der Waals surface area contributed by atoms with Gasteiger partial charge in [-0.15, -0.1) is 0 Å². The first-order chi connectivity index (χ1) is 17.5. The molecule has 7 amide bonds. The molecule has 0 aliphatic rings. The average molecular weight is 545 g/mol. The summed E-state index contributed by atoms with van der Waals surface area (Å²) in [6, 6.07) is -6.40. The third-order valence-corrected chi connectivity index (χ3v) is 5.15. The van der Waals surface area contributed by atoms with Crippen molar-refractivity contribution >= 4 is 47.3 Å². The van der Waals surface area contributed by atoms with Crippen LogP contribution in [0, 0.1) is 0 Å². The van der Waals surface area contributed by atoms with Gasteiger partial charge in [-0.1, -0.05) is 0 Å². The first-order valence-electron chi connectivity index (χ1n) is 11.6. The number of aliphatic carboxylic acids is 1. The van der Waals surface area contributed by atoms with Gasteiger partial charge in [-0.2, -0.15) is 0 Å². The van der Waals surface area contributed by atoms with Crippen molar-refractivity contribution in [2.45, 2.75) is 82.6 Å². The van der Waals surface area contributed by atoms with Crippen molar-refractivity contribution in [2.75, 3.05) is 0 Å². The summed E-state index contributed by atoms with van der Waals surface area (Å²) in [6.45, 7) is 2.54. The van der Waals surface area contributed by atoms with E-state index < -0.39 is 77.5 Å². The maximum absolute atomic E-state index is 12.8. The summed E-state index contributed by atoms with van der Waals surface area (Å²) in [6.07, 6.45) is -1.34. The molecule has 0 rings (SSSR count). The SMILES string of the molecule is C[C@H](NC(=O)[C@H](CCC(N)=O)NC(=O)[C@H](C)NC(=O)[C@@H](N)CCC(N)=O)C(=O)N[C@@H](CCC(N)=O)C(=O)O. The van der Waals surface area contributed by atoms with Crippen molar-refractivity contribution in [2.24, 2.45) is 22.9 Å². The van der Waals surface area contributed by atoms with Gasteiger partial charge in [0.15, 0.2) is 0 Å². The number of carboxylic acids is 1. The Labute approximate surface area is 218 Å². The van der Waals surface area contributed by atoms with E-state index in [1.807, 2.05) is 0 Å². The van der Waals surface area contributed by atoms with Gasteiger partial charge in [0.2, 0.25) is 41.4 Å². The van der Waals surface area contributed by atoms with Crippen molar-refractivity contribution in [3.8, 4) is 0 Å². The Morgan fingerprint density at radius 2 is 0.947 bits per heavy atom. The number of carboxylic acid groups (broad SMARTS) is 1. The molecule has 0 heterocycles. The molecule has 214 valence electrons. The Kier molecular flexibility index (Phi) is 14.6. The summed E-state index contributed by atoms with van der Waals surface area (Å²) in [5.74, 6) is -7.00. The van der Waals surface area contributed by atoms with Gasteiger partial charge in [0.1, 0.15) is 24.2 Å². The summed E-state index contributed by atoms with van der Waals surface area (Å²) < 4.78 is 0. The number of nitrogens with two attached hydrogens (primary N) is 4. The van der Waals surface area contributed by atoms with Crippen LogP contribution in [0.1, 0.15) is 52.4 Å². The molecular weight excluding hydrogens is 508 g/mol. The normalized spacial score (nSPS) is 14.5. The van der Waals surface area contributed by atoms with Gasteiger partial charge in [-0.05, 0) is 33.1 Å². The lowest BCUT2D eigenvalue weighted by Gasteiger charge is -2.24. The Morgan fingerprint density at radius 3 is 1.37 bits per heavy atom. The smallest absolute Gasteiger partial charge is 0.326 e. The lowest BCUT2D eigenvalue weighted by atomic mass is 10.1. The molecule has 0 spiro atoms. The summed E-state index contributed by atoms with van der Waals surface area (Å²) in [4.78, 5) is 94.1. The van der Waals surface area contributed by atoms with Gasteiger partial charge in [0.05, 0.1) is 6.04 Å². The topological polar surface area (TPSA) is 309 Å². The summed E-state index contributed by atoms with van der Waals surface area (Å²) in [7, 11) is 0. The lowest BCUT2D eigenvalue weighted by Crippen LogP contribution is -2.57. The summed E-state index contributed by atoms with van der Waals surface area (Å²) in [5, 5.41) is 18.3. The largest absolute Gasteiger partial charge is 0.480 e. The fraction of sp³-hybridized carbons (Fsp3) is 0.619. The predicted molar refractivity (Wildman–Crippen MR) is 130 cm³/mol. The Morgan fingerprint density at radius 1 is 0.579 bits per heavy atom. The van der Waals surface area contributed by atoms with Gasteiger partial charge in [-0.3, -0.25) is 33.6 Å². The number of hydrogen-bond acceptors (Lipinski definition) is 9. The van der Waals surface area contributed by atoms with Crippen LogP contribution in [0.3, 0.4) is 0 Å². The summed E-state index contributed by atoms with van der Waals surface area (Å²) >= 11 is 0. The second-order valence-corrected chi connectivity index (χ2v) is 8.54. The summed E-state index contributed by atoms with van der Waals surface area (Å²) in [5.41, 5.74) is 20.8. The second kappa shape index (κ2) is 16.5. The molecule has 13 N–H and O–H groups in total. The molecule has 0 aromatic heterocycles. The van der Waals surface area contributed by atoms with Crippen LogP contribution in [0.25, 0.3) is 0 Å². The van der Waals surface area contributed by atoms with E-state index in [0.29, 0.717) is 0 Å². The number of rotatable bonds is 18. The van der Waals surface area contributed by atoms with E-state index in [1.165, 1.54) is 13.8 Å². The highest BCUT2D eigenvalue weighted by Gasteiger charge is 2.29. The van der Waals surface area contributed by atoms with Gasteiger partial charge >= 0.3 is 5.97 Å². The van der Waals surface area contributed by atoms with Crippen LogP contribution in [-0.2, 0) is 38.4 Å². The standard InChI is InChI=1S/C21H36N8O9/c1-9(26-19(35)11(22)3-6-14(23)30)17(33)28-12(4-7-15(24)31)20(36)27-10(2)18(34)29-13(21(37)38)5-8-16(25)32/h9-13H,3-8,22H2,1-2H3,(H2,23,30)(H2,24,31)(H2,25,32)(H,26,35)(H,27,36)(H,28,33)(H,29,34)(H,37,38)/t9-,10-,11-,12-,13-/m0/s1. The second-order valence-electron chi connectivity index (χ2n) is 8.54. The van der Waals surface area contributed by atoms with Crippen LogP contribution < -0.4 is 44.2 Å². The molecule has 0 aromatic rings. The maximum Gasteiger partial charge on any atom is 0.326 e. The number of hydrogen-bond donors (Lipinski definition) is 9. The highest BCUT2D eigenvalue weighted by molar-refractivity contribution is 5.95. The van der Waals surface area contributed by atoms with E-state index in [4.69, 9.17) is 22.9 Å². The molecule has 17 nitrogen and oxygen atoms in total. The molecule has 0 aliphatic heterocycles. The molecule has 0 bridgehead atoms. The van der Waals surface area contributed by atoms with E-state index in [2.05, 4.69) is 21.3 Å². The first kappa shape index (κ1) is 33.7. The highest BCUT2D eigenvalue weighted by atomic mass is 16.4. The molecule has 38 heavy (non-hydrogen) atoms. The van der Waals surface area contributed by atoms with Crippen LogP contribution in [0.5, 0.6) is 0 Å². The van der Waals surface area contributed by atoms with Crippen LogP contribution in [-0.4, -0.2) is 82.6 Å². The maximum atomic E-state index is 12.8. The van der Waals surface area contributed by atoms with Gasteiger partial charge in [0.25, 0.3) is 0 Å². The van der Waals surface area contributed by atoms with E-state index in [0.717, 1.165) is 0 Å². The zero-order valence-electron chi connectivity index (χ0n) is 21.2. The minimum Gasteiger partial charge on any atom is -0.480 e. The molecule has 0 saturated carbocycles. The molecule has 0 unspecified atom stereocenters. The molecular formula is C21H36N8O9. The Balaban J connectivity index is 5.23. The van der Waals surface area contributed by atoms with E-state index >= 15 is 0 Å². The number of primary amides is 3. The number of nitrogens with one attached hydrogen (secondary N) is 4. The fourth-order valence-corrected chi connectivity index (χ4v) is 2.89. The first-order valence-corrected chi connectivity index (χ1v) is 11.6. The highest BCUT2D eigenvalue weighted by Crippen LogP contribution is 2.02. The van der Waals surface area contributed by atoms with Crippen LogP contribution >= 0.6 is 0 Å².